The minimum atomic E-state index is -0.328. The summed E-state index contributed by atoms with van der Waals surface area (Å²) in [7, 11) is 1.61. The summed E-state index contributed by atoms with van der Waals surface area (Å²) in [5.41, 5.74) is 3.61. The molecule has 0 saturated heterocycles. The molecule has 1 aliphatic carbocycles. The van der Waals surface area contributed by atoms with Gasteiger partial charge in [-0.15, -0.1) is 0 Å². The first kappa shape index (κ1) is 26.3. The summed E-state index contributed by atoms with van der Waals surface area (Å²) in [4.78, 5) is 25.8. The van der Waals surface area contributed by atoms with Crippen molar-refractivity contribution in [2.45, 2.75) is 38.1 Å². The van der Waals surface area contributed by atoms with Gasteiger partial charge in [-0.2, -0.15) is 9.78 Å². The van der Waals surface area contributed by atoms with Crippen LogP contribution in [-0.4, -0.2) is 33.9 Å². The van der Waals surface area contributed by atoms with E-state index in [0.717, 1.165) is 42.7 Å². The van der Waals surface area contributed by atoms with Gasteiger partial charge in [0.05, 0.1) is 18.5 Å². The van der Waals surface area contributed by atoms with Crippen LogP contribution in [0.3, 0.4) is 0 Å². The number of phenols is 1. The standard InChI is InChI=1S/C30H29ClN4O4/c1-39-24-13-6-19(7-14-24)18-32-30(38)35-27(20-4-2-3-5-20)17-26(34-35)25-15-12-23(16-28(25)36)33-29(37)21-8-10-22(31)11-9-21/h6-17,20,36H,2-5,18H2,1H3,(H,32,38)(H,33,37). The van der Waals surface area contributed by atoms with Crippen molar-refractivity contribution in [1.29, 1.82) is 0 Å². The number of nitrogens with one attached hydrogen (secondary N) is 2. The van der Waals surface area contributed by atoms with Crippen LogP contribution in [0.15, 0.2) is 72.8 Å². The Bertz CT molecular complexity index is 1480. The molecule has 1 aromatic heterocycles. The topological polar surface area (TPSA) is 105 Å². The maximum atomic E-state index is 13.2. The van der Waals surface area contributed by atoms with Crippen molar-refractivity contribution in [2.24, 2.45) is 0 Å². The van der Waals surface area contributed by atoms with Gasteiger partial charge in [0.2, 0.25) is 0 Å². The monoisotopic (exact) mass is 544 g/mol. The van der Waals surface area contributed by atoms with Gasteiger partial charge in [0.25, 0.3) is 5.91 Å². The molecule has 8 nitrogen and oxygen atoms in total. The van der Waals surface area contributed by atoms with Crippen LogP contribution in [0.5, 0.6) is 11.5 Å². The number of ether oxygens (including phenoxy) is 1. The smallest absolute Gasteiger partial charge is 0.342 e. The van der Waals surface area contributed by atoms with Gasteiger partial charge in [-0.1, -0.05) is 36.6 Å². The molecule has 2 amide bonds. The molecular weight excluding hydrogens is 516 g/mol. The summed E-state index contributed by atoms with van der Waals surface area (Å²) in [6.45, 7) is 0.343. The van der Waals surface area contributed by atoms with E-state index in [-0.39, 0.29) is 23.6 Å². The quantitative estimate of drug-likeness (QED) is 0.243. The van der Waals surface area contributed by atoms with E-state index in [9.17, 15) is 14.7 Å². The first-order valence-electron chi connectivity index (χ1n) is 12.8. The van der Waals surface area contributed by atoms with Crippen LogP contribution >= 0.6 is 11.6 Å². The maximum absolute atomic E-state index is 13.2. The molecule has 1 fully saturated rings. The maximum Gasteiger partial charge on any atom is 0.342 e. The molecule has 0 bridgehead atoms. The van der Waals surface area contributed by atoms with Crippen molar-refractivity contribution in [3.63, 3.8) is 0 Å². The molecule has 0 radical (unpaired) electrons. The summed E-state index contributed by atoms with van der Waals surface area (Å²) >= 11 is 5.90. The van der Waals surface area contributed by atoms with Crippen molar-refractivity contribution in [2.75, 3.05) is 12.4 Å². The van der Waals surface area contributed by atoms with E-state index >= 15 is 0 Å². The number of aromatic nitrogens is 2. The number of methoxy groups -OCH3 is 1. The van der Waals surface area contributed by atoms with Crippen LogP contribution in [0.1, 0.15) is 53.2 Å². The molecular formula is C30H29ClN4O4. The van der Waals surface area contributed by atoms with E-state index in [0.29, 0.717) is 34.1 Å². The lowest BCUT2D eigenvalue weighted by molar-refractivity contribution is 0.102. The lowest BCUT2D eigenvalue weighted by atomic mass is 10.0. The molecule has 3 N–H and O–H groups in total. The van der Waals surface area contributed by atoms with Crippen LogP contribution in [0.4, 0.5) is 10.5 Å². The van der Waals surface area contributed by atoms with Gasteiger partial charge in [-0.25, -0.2) is 4.79 Å². The molecule has 39 heavy (non-hydrogen) atoms. The predicted octanol–water partition coefficient (Wildman–Crippen LogP) is 6.59. The highest BCUT2D eigenvalue weighted by molar-refractivity contribution is 6.30. The van der Waals surface area contributed by atoms with Crippen LogP contribution in [0.2, 0.25) is 5.02 Å². The molecule has 9 heteroatoms. The third-order valence-electron chi connectivity index (χ3n) is 6.94. The number of nitrogens with zero attached hydrogens (tertiary/aromatic N) is 2. The number of aromatic hydroxyl groups is 1. The molecule has 0 spiro atoms. The predicted molar refractivity (Wildman–Crippen MR) is 151 cm³/mol. The Labute approximate surface area is 231 Å². The number of hydrogen-bond donors (Lipinski definition) is 3. The highest BCUT2D eigenvalue weighted by Gasteiger charge is 2.26. The van der Waals surface area contributed by atoms with Gasteiger partial charge < -0.3 is 20.5 Å². The number of amides is 2. The van der Waals surface area contributed by atoms with E-state index in [4.69, 9.17) is 16.3 Å². The summed E-state index contributed by atoms with van der Waals surface area (Å²) in [5, 5.41) is 21.7. The summed E-state index contributed by atoms with van der Waals surface area (Å²) in [6.07, 6.45) is 4.18. The highest BCUT2D eigenvalue weighted by atomic mass is 35.5. The van der Waals surface area contributed by atoms with Crippen LogP contribution in [-0.2, 0) is 6.54 Å². The highest BCUT2D eigenvalue weighted by Crippen LogP contribution is 2.38. The van der Waals surface area contributed by atoms with Gasteiger partial charge >= 0.3 is 6.03 Å². The molecule has 4 aromatic rings. The van der Waals surface area contributed by atoms with Gasteiger partial charge in [0, 0.05) is 40.4 Å². The van der Waals surface area contributed by atoms with Crippen LogP contribution in [0, 0.1) is 0 Å². The Hall–Kier alpha value is -4.30. The normalized spacial score (nSPS) is 13.3. The summed E-state index contributed by atoms with van der Waals surface area (Å²) in [5.74, 6) is 0.601. The molecule has 1 aliphatic rings. The third kappa shape index (κ3) is 6.07. The zero-order valence-corrected chi connectivity index (χ0v) is 22.2. The zero-order valence-electron chi connectivity index (χ0n) is 21.5. The summed E-state index contributed by atoms with van der Waals surface area (Å²) in [6, 6.07) is 20.4. The first-order chi connectivity index (χ1) is 18.9. The Morgan fingerprint density at radius 1 is 1.03 bits per heavy atom. The molecule has 1 heterocycles. The van der Waals surface area contributed by atoms with Gasteiger partial charge in [-0.3, -0.25) is 4.79 Å². The zero-order chi connectivity index (χ0) is 27.4. The molecule has 0 aliphatic heterocycles. The average molecular weight is 545 g/mol. The molecule has 3 aromatic carbocycles. The molecule has 200 valence electrons. The number of benzene rings is 3. The van der Waals surface area contributed by atoms with Gasteiger partial charge in [-0.05, 0) is 73.0 Å². The van der Waals surface area contributed by atoms with E-state index < -0.39 is 0 Å². The number of halogens is 1. The Balaban J connectivity index is 1.35. The minimum Gasteiger partial charge on any atom is -0.507 e. The summed E-state index contributed by atoms with van der Waals surface area (Å²) < 4.78 is 6.62. The number of anilines is 1. The van der Waals surface area contributed by atoms with E-state index in [1.165, 1.54) is 10.7 Å². The van der Waals surface area contributed by atoms with Crippen molar-refractivity contribution < 1.29 is 19.4 Å². The van der Waals surface area contributed by atoms with Crippen molar-refractivity contribution in [3.05, 3.63) is 94.6 Å². The first-order valence-corrected chi connectivity index (χ1v) is 13.2. The lowest BCUT2D eigenvalue weighted by Crippen LogP contribution is -2.30. The second kappa shape index (κ2) is 11.6. The molecule has 5 rings (SSSR count). The largest absolute Gasteiger partial charge is 0.507 e. The Morgan fingerprint density at radius 2 is 1.74 bits per heavy atom. The van der Waals surface area contributed by atoms with Crippen molar-refractivity contribution in [1.82, 2.24) is 15.1 Å². The second-order valence-corrected chi connectivity index (χ2v) is 9.98. The van der Waals surface area contributed by atoms with Crippen LogP contribution < -0.4 is 15.4 Å². The third-order valence-corrected chi connectivity index (χ3v) is 7.20. The molecule has 1 saturated carbocycles. The molecule has 0 atom stereocenters. The van der Waals surface area contributed by atoms with Crippen LogP contribution in [0.25, 0.3) is 11.3 Å². The van der Waals surface area contributed by atoms with E-state index in [1.807, 2.05) is 30.3 Å². The second-order valence-electron chi connectivity index (χ2n) is 9.55. The molecule has 0 unspecified atom stereocenters. The van der Waals surface area contributed by atoms with Gasteiger partial charge in [0.1, 0.15) is 11.5 Å². The number of carbonyl (C=O) groups excluding carboxylic acids is 2. The van der Waals surface area contributed by atoms with Gasteiger partial charge in [0.15, 0.2) is 0 Å². The number of phenolic OH excluding ortho intramolecular Hbond substituents is 1. The number of rotatable bonds is 7. The fourth-order valence-electron chi connectivity index (χ4n) is 4.83. The number of carbonyl (C=O) groups is 2. The SMILES string of the molecule is COc1ccc(CNC(=O)n2nc(-c3ccc(NC(=O)c4ccc(Cl)cc4)cc3O)cc2C2CCCC2)cc1. The van der Waals surface area contributed by atoms with Crippen molar-refractivity contribution in [3.8, 4) is 22.8 Å². The van der Waals surface area contributed by atoms with E-state index in [1.54, 1.807) is 43.5 Å². The Morgan fingerprint density at radius 3 is 2.41 bits per heavy atom. The Kier molecular flexibility index (Phi) is 7.84. The fourth-order valence-corrected chi connectivity index (χ4v) is 4.95. The number of hydrogen-bond acceptors (Lipinski definition) is 5. The minimum absolute atomic E-state index is 0.0508. The fraction of sp³-hybridized carbons (Fsp3) is 0.233. The average Bonchev–Trinajstić information content (AvgIpc) is 3.63. The van der Waals surface area contributed by atoms with Crippen molar-refractivity contribution >= 4 is 29.2 Å². The lowest BCUT2D eigenvalue weighted by Gasteiger charge is -2.12. The van der Waals surface area contributed by atoms with E-state index in [2.05, 4.69) is 15.7 Å².